The third-order valence-electron chi connectivity index (χ3n) is 3.08. The van der Waals surface area contributed by atoms with Gasteiger partial charge in [-0.05, 0) is 25.1 Å². The summed E-state index contributed by atoms with van der Waals surface area (Å²) in [6.45, 7) is 2.10. The van der Waals surface area contributed by atoms with Crippen molar-refractivity contribution in [3.63, 3.8) is 0 Å². The van der Waals surface area contributed by atoms with E-state index in [1.807, 2.05) is 25.2 Å². The molecule has 0 atom stereocenters. The lowest BCUT2D eigenvalue weighted by Crippen LogP contribution is -2.22. The first-order valence-corrected chi connectivity index (χ1v) is 6.33. The van der Waals surface area contributed by atoms with Gasteiger partial charge < -0.3 is 10.1 Å². The molecule has 20 heavy (non-hydrogen) atoms. The predicted molar refractivity (Wildman–Crippen MR) is 76.3 cm³/mol. The zero-order valence-corrected chi connectivity index (χ0v) is 11.2. The van der Waals surface area contributed by atoms with Gasteiger partial charge in [0.15, 0.2) is 5.69 Å². The summed E-state index contributed by atoms with van der Waals surface area (Å²) in [7, 11) is 1.84. The second-order valence-electron chi connectivity index (χ2n) is 4.25. The fourth-order valence-electron chi connectivity index (χ4n) is 2.13. The van der Waals surface area contributed by atoms with Crippen LogP contribution >= 0.6 is 0 Å². The van der Waals surface area contributed by atoms with Gasteiger partial charge in [0.25, 0.3) is 0 Å². The van der Waals surface area contributed by atoms with E-state index in [-0.39, 0.29) is 0 Å². The van der Waals surface area contributed by atoms with Crippen molar-refractivity contribution in [3.05, 3.63) is 30.1 Å². The molecule has 1 aromatic carbocycles. The summed E-state index contributed by atoms with van der Waals surface area (Å²) in [5.74, 6) is 0.157. The average molecular weight is 273 g/mol. The number of aromatic nitrogens is 2. The normalized spacial score (nSPS) is 11.7. The minimum Gasteiger partial charge on any atom is -0.461 e. The number of fused-ring (bicyclic) bond motifs is 3. The van der Waals surface area contributed by atoms with Crippen LogP contribution in [0.4, 0.5) is 17.3 Å². The van der Waals surface area contributed by atoms with E-state index < -0.39 is 5.97 Å². The van der Waals surface area contributed by atoms with E-state index >= 15 is 0 Å². The van der Waals surface area contributed by atoms with E-state index in [1.165, 1.54) is 6.20 Å². The minimum atomic E-state index is -0.393. The number of nitrogens with one attached hydrogen (secondary N) is 3. The van der Waals surface area contributed by atoms with E-state index in [1.54, 1.807) is 11.5 Å². The van der Waals surface area contributed by atoms with Crippen LogP contribution in [0.15, 0.2) is 24.4 Å². The Morgan fingerprint density at radius 1 is 1.45 bits per heavy atom. The van der Waals surface area contributed by atoms with E-state index in [9.17, 15) is 4.79 Å². The number of imidazole rings is 1. The molecule has 0 amide bonds. The van der Waals surface area contributed by atoms with Gasteiger partial charge in [-0.15, -0.1) is 0 Å². The number of carbonyl (C=O) groups excluding carboxylic acids is 1. The van der Waals surface area contributed by atoms with E-state index in [0.29, 0.717) is 18.2 Å². The Hall–Kier alpha value is -2.70. The van der Waals surface area contributed by atoms with Gasteiger partial charge in [0.2, 0.25) is 5.95 Å². The van der Waals surface area contributed by atoms with Crippen LogP contribution in [0.3, 0.4) is 0 Å². The fourth-order valence-corrected chi connectivity index (χ4v) is 2.13. The van der Waals surface area contributed by atoms with Gasteiger partial charge in [-0.25, -0.2) is 9.78 Å². The maximum atomic E-state index is 12.0. The molecule has 1 aromatic heterocycles. The number of benzene rings is 1. The molecule has 2 aromatic rings. The quantitative estimate of drug-likeness (QED) is 0.740. The molecule has 0 aliphatic carbocycles. The lowest BCUT2D eigenvalue weighted by atomic mass is 10.2. The molecule has 7 heteroatoms. The first-order valence-electron chi connectivity index (χ1n) is 6.33. The zero-order valence-electron chi connectivity index (χ0n) is 11.2. The fraction of sp³-hybridized carbons (Fsp3) is 0.231. The van der Waals surface area contributed by atoms with Crippen LogP contribution in [0.5, 0.6) is 0 Å². The number of hydrogen-bond donors (Lipinski definition) is 3. The topological polar surface area (TPSA) is 80.2 Å². The third-order valence-corrected chi connectivity index (χ3v) is 3.08. The summed E-state index contributed by atoms with van der Waals surface area (Å²) in [5.41, 5.74) is 9.03. The lowest BCUT2D eigenvalue weighted by molar-refractivity contribution is 0.0517. The van der Waals surface area contributed by atoms with Crippen LogP contribution in [0, 0.1) is 0 Å². The highest BCUT2D eigenvalue weighted by atomic mass is 16.5. The van der Waals surface area contributed by atoms with Crippen LogP contribution in [-0.4, -0.2) is 29.2 Å². The smallest absolute Gasteiger partial charge is 0.357 e. The Balaban J connectivity index is 2.13. The number of anilines is 3. The number of ether oxygens (including phenoxy) is 1. The first kappa shape index (κ1) is 12.3. The molecular formula is C13H15N5O2. The van der Waals surface area contributed by atoms with Crippen molar-refractivity contribution < 1.29 is 9.53 Å². The van der Waals surface area contributed by atoms with Crippen molar-refractivity contribution in [1.82, 2.24) is 9.55 Å². The van der Waals surface area contributed by atoms with Gasteiger partial charge in [-0.1, -0.05) is 0 Å². The summed E-state index contributed by atoms with van der Waals surface area (Å²) >= 11 is 0. The highest BCUT2D eigenvalue weighted by molar-refractivity contribution is 5.90. The molecular weight excluding hydrogens is 258 g/mol. The maximum Gasteiger partial charge on any atom is 0.357 e. The van der Waals surface area contributed by atoms with Crippen molar-refractivity contribution in [2.45, 2.75) is 6.92 Å². The number of esters is 1. The molecule has 0 bridgehead atoms. The van der Waals surface area contributed by atoms with Crippen LogP contribution in [0.2, 0.25) is 0 Å². The second-order valence-corrected chi connectivity index (χ2v) is 4.25. The summed E-state index contributed by atoms with van der Waals surface area (Å²) in [6.07, 6.45) is 1.50. The number of nitrogens with zero attached hydrogens (tertiary/aromatic N) is 2. The van der Waals surface area contributed by atoms with E-state index in [4.69, 9.17) is 4.74 Å². The van der Waals surface area contributed by atoms with Crippen LogP contribution in [0.1, 0.15) is 17.4 Å². The molecule has 3 rings (SSSR count). The van der Waals surface area contributed by atoms with Crippen molar-refractivity contribution in [2.24, 2.45) is 0 Å². The summed E-state index contributed by atoms with van der Waals surface area (Å²) in [6, 6.07) is 5.81. The molecule has 0 saturated heterocycles. The summed E-state index contributed by atoms with van der Waals surface area (Å²) < 4.78 is 6.80. The number of hydrazine groups is 1. The number of rotatable bonds is 3. The first-order chi connectivity index (χ1) is 9.74. The molecule has 0 radical (unpaired) electrons. The molecule has 0 unspecified atom stereocenters. The van der Waals surface area contributed by atoms with Crippen molar-refractivity contribution in [3.8, 4) is 5.69 Å². The van der Waals surface area contributed by atoms with Gasteiger partial charge in [0.05, 0.1) is 24.2 Å². The predicted octanol–water partition coefficient (Wildman–Crippen LogP) is 1.84. The largest absolute Gasteiger partial charge is 0.461 e. The second kappa shape index (κ2) is 4.76. The van der Waals surface area contributed by atoms with Crippen LogP contribution < -0.4 is 16.2 Å². The third kappa shape index (κ3) is 1.83. The lowest BCUT2D eigenvalue weighted by Gasteiger charge is -2.23. The number of hydrogen-bond acceptors (Lipinski definition) is 6. The Kier molecular flexibility index (Phi) is 2.94. The van der Waals surface area contributed by atoms with Crippen LogP contribution in [-0.2, 0) is 4.74 Å². The Labute approximate surface area is 115 Å². The van der Waals surface area contributed by atoms with Crippen molar-refractivity contribution in [2.75, 3.05) is 29.8 Å². The zero-order chi connectivity index (χ0) is 14.1. The summed E-state index contributed by atoms with van der Waals surface area (Å²) in [4.78, 5) is 16.2. The van der Waals surface area contributed by atoms with Crippen molar-refractivity contribution >= 4 is 23.3 Å². The SMILES string of the molecule is CCOC(=O)c1cnc2n1-c1cc(NC)ccc1NN2. The molecule has 7 nitrogen and oxygen atoms in total. The van der Waals surface area contributed by atoms with E-state index in [0.717, 1.165) is 17.1 Å². The Morgan fingerprint density at radius 2 is 2.30 bits per heavy atom. The Bertz CT molecular complexity index is 665. The van der Waals surface area contributed by atoms with Gasteiger partial charge in [-0.3, -0.25) is 15.4 Å². The summed E-state index contributed by atoms with van der Waals surface area (Å²) in [5, 5.41) is 3.08. The van der Waals surface area contributed by atoms with Gasteiger partial charge in [0.1, 0.15) is 0 Å². The standard InChI is InChI=1S/C13H15N5O2/c1-3-20-12(19)11-7-15-13-17-16-9-5-4-8(14-2)6-10(9)18(11)13/h4-7,14,16H,3H2,1-2H3,(H,15,17). The van der Waals surface area contributed by atoms with Crippen LogP contribution in [0.25, 0.3) is 5.69 Å². The number of carbonyl (C=O) groups is 1. The molecule has 0 saturated carbocycles. The Morgan fingerprint density at radius 3 is 3.05 bits per heavy atom. The molecule has 1 aliphatic rings. The maximum absolute atomic E-state index is 12.0. The average Bonchev–Trinajstić information content (AvgIpc) is 2.91. The van der Waals surface area contributed by atoms with E-state index in [2.05, 4.69) is 21.2 Å². The molecule has 1 aliphatic heterocycles. The minimum absolute atomic E-state index is 0.328. The van der Waals surface area contributed by atoms with Gasteiger partial charge in [0, 0.05) is 12.7 Å². The molecule has 2 heterocycles. The van der Waals surface area contributed by atoms with Gasteiger partial charge in [-0.2, -0.15) is 0 Å². The highest BCUT2D eigenvalue weighted by Crippen LogP contribution is 2.32. The molecule has 104 valence electrons. The molecule has 3 N–H and O–H groups in total. The highest BCUT2D eigenvalue weighted by Gasteiger charge is 2.24. The monoisotopic (exact) mass is 273 g/mol. The molecule has 0 fully saturated rings. The molecule has 0 spiro atoms. The van der Waals surface area contributed by atoms with Gasteiger partial charge >= 0.3 is 5.97 Å². The van der Waals surface area contributed by atoms with Crippen molar-refractivity contribution in [1.29, 1.82) is 0 Å².